The SMILES string of the molecule is CC(C)C(C)N(C)c1ccc(S(N)(=O)=O)c(N)c1. The van der Waals surface area contributed by atoms with E-state index in [9.17, 15) is 8.42 Å². The highest BCUT2D eigenvalue weighted by Gasteiger charge is 2.17. The summed E-state index contributed by atoms with van der Waals surface area (Å²) in [6, 6.07) is 5.13. The molecule has 1 aromatic rings. The van der Waals surface area contributed by atoms with Gasteiger partial charge in [-0.25, -0.2) is 13.6 Å². The minimum absolute atomic E-state index is 0.0307. The van der Waals surface area contributed by atoms with Crippen LogP contribution < -0.4 is 15.8 Å². The number of nitrogens with two attached hydrogens (primary N) is 2. The number of hydrogen-bond donors (Lipinski definition) is 2. The summed E-state index contributed by atoms with van der Waals surface area (Å²) in [5.41, 5.74) is 6.79. The van der Waals surface area contributed by atoms with Gasteiger partial charge in [0.05, 0.1) is 5.69 Å². The Morgan fingerprint density at radius 2 is 1.78 bits per heavy atom. The molecule has 6 heteroatoms. The fourth-order valence-electron chi connectivity index (χ4n) is 1.70. The summed E-state index contributed by atoms with van der Waals surface area (Å²) in [6.07, 6.45) is 0. The van der Waals surface area contributed by atoms with E-state index in [-0.39, 0.29) is 10.6 Å². The van der Waals surface area contributed by atoms with E-state index in [1.807, 2.05) is 7.05 Å². The van der Waals surface area contributed by atoms with E-state index in [1.165, 1.54) is 6.07 Å². The van der Waals surface area contributed by atoms with Gasteiger partial charge < -0.3 is 10.6 Å². The maximum absolute atomic E-state index is 11.3. The van der Waals surface area contributed by atoms with Crippen molar-refractivity contribution in [1.82, 2.24) is 0 Å². The van der Waals surface area contributed by atoms with Crippen molar-refractivity contribution in [3.63, 3.8) is 0 Å². The fourth-order valence-corrected chi connectivity index (χ4v) is 2.34. The van der Waals surface area contributed by atoms with Gasteiger partial charge in [0.1, 0.15) is 4.90 Å². The molecule has 1 atom stereocenters. The van der Waals surface area contributed by atoms with Crippen molar-refractivity contribution in [2.24, 2.45) is 11.1 Å². The van der Waals surface area contributed by atoms with Crippen LogP contribution in [0.5, 0.6) is 0 Å². The lowest BCUT2D eigenvalue weighted by atomic mass is 10.0. The molecule has 5 nitrogen and oxygen atoms in total. The van der Waals surface area contributed by atoms with Crippen LogP contribution in [0.3, 0.4) is 0 Å². The minimum Gasteiger partial charge on any atom is -0.398 e. The number of hydrogen-bond acceptors (Lipinski definition) is 4. The van der Waals surface area contributed by atoms with Gasteiger partial charge in [0, 0.05) is 18.8 Å². The molecule has 0 saturated carbocycles. The minimum atomic E-state index is -3.76. The first-order valence-electron chi connectivity index (χ1n) is 5.79. The molecule has 0 radical (unpaired) electrons. The molecule has 0 aliphatic rings. The number of sulfonamides is 1. The third-order valence-electron chi connectivity index (χ3n) is 3.28. The van der Waals surface area contributed by atoms with E-state index in [0.29, 0.717) is 12.0 Å². The molecule has 18 heavy (non-hydrogen) atoms. The van der Waals surface area contributed by atoms with Crippen molar-refractivity contribution < 1.29 is 8.42 Å². The van der Waals surface area contributed by atoms with Gasteiger partial charge >= 0.3 is 0 Å². The van der Waals surface area contributed by atoms with E-state index < -0.39 is 10.0 Å². The van der Waals surface area contributed by atoms with Crippen LogP contribution in [0.4, 0.5) is 11.4 Å². The summed E-state index contributed by atoms with van der Waals surface area (Å²) in [5, 5.41) is 5.07. The first-order valence-corrected chi connectivity index (χ1v) is 7.34. The van der Waals surface area contributed by atoms with Gasteiger partial charge in [-0.2, -0.15) is 0 Å². The molecule has 0 aliphatic heterocycles. The van der Waals surface area contributed by atoms with Crippen molar-refractivity contribution in [1.29, 1.82) is 0 Å². The summed E-state index contributed by atoms with van der Waals surface area (Å²) in [7, 11) is -1.80. The van der Waals surface area contributed by atoms with Crippen LogP contribution in [0.2, 0.25) is 0 Å². The molecule has 0 aliphatic carbocycles. The first kappa shape index (κ1) is 14.8. The van der Waals surface area contributed by atoms with Crippen LogP contribution in [0.1, 0.15) is 20.8 Å². The topological polar surface area (TPSA) is 89.4 Å². The summed E-state index contributed by atoms with van der Waals surface area (Å²) in [4.78, 5) is 2.03. The summed E-state index contributed by atoms with van der Waals surface area (Å²) < 4.78 is 22.5. The van der Waals surface area contributed by atoms with E-state index in [1.54, 1.807) is 12.1 Å². The van der Waals surface area contributed by atoms with Crippen molar-refractivity contribution >= 4 is 21.4 Å². The molecule has 0 spiro atoms. The third-order valence-corrected chi connectivity index (χ3v) is 4.27. The maximum atomic E-state index is 11.3. The van der Waals surface area contributed by atoms with E-state index in [4.69, 9.17) is 10.9 Å². The molecular weight excluding hydrogens is 250 g/mol. The number of nitrogens with zero attached hydrogens (tertiary/aromatic N) is 1. The highest BCUT2D eigenvalue weighted by Crippen LogP contribution is 2.25. The van der Waals surface area contributed by atoms with Crippen LogP contribution >= 0.6 is 0 Å². The molecule has 0 bridgehead atoms. The maximum Gasteiger partial charge on any atom is 0.240 e. The van der Waals surface area contributed by atoms with Crippen LogP contribution in [0, 0.1) is 5.92 Å². The molecule has 1 unspecified atom stereocenters. The van der Waals surface area contributed by atoms with Crippen LogP contribution in [-0.2, 0) is 10.0 Å². The molecule has 4 N–H and O–H groups in total. The largest absolute Gasteiger partial charge is 0.398 e. The lowest BCUT2D eigenvalue weighted by molar-refractivity contribution is 0.505. The predicted molar refractivity (Wildman–Crippen MR) is 74.9 cm³/mol. The number of primary sulfonamides is 1. The molecule has 102 valence electrons. The zero-order valence-electron chi connectivity index (χ0n) is 11.2. The normalized spacial score (nSPS) is 13.7. The summed E-state index contributed by atoms with van der Waals surface area (Å²) >= 11 is 0. The standard InChI is InChI=1S/C12H21N3O2S/c1-8(2)9(3)15(4)10-5-6-12(11(13)7-10)18(14,16)17/h5-9H,13H2,1-4H3,(H2,14,16,17). The molecular formula is C12H21N3O2S. The van der Waals surface area contributed by atoms with Gasteiger partial charge in [-0.3, -0.25) is 0 Å². The average molecular weight is 271 g/mol. The van der Waals surface area contributed by atoms with Gasteiger partial charge in [-0.05, 0) is 31.0 Å². The Labute approximate surface area is 109 Å². The van der Waals surface area contributed by atoms with Crippen molar-refractivity contribution in [3.05, 3.63) is 18.2 Å². The summed E-state index contributed by atoms with van der Waals surface area (Å²) in [6.45, 7) is 6.36. The van der Waals surface area contributed by atoms with Gasteiger partial charge in [0.15, 0.2) is 0 Å². The van der Waals surface area contributed by atoms with E-state index >= 15 is 0 Å². The summed E-state index contributed by atoms with van der Waals surface area (Å²) in [5.74, 6) is 0.481. The molecule has 0 heterocycles. The predicted octanol–water partition coefficient (Wildman–Crippen LogP) is 1.40. The Morgan fingerprint density at radius 1 is 1.22 bits per heavy atom. The fraction of sp³-hybridized carbons (Fsp3) is 0.500. The average Bonchev–Trinajstić information content (AvgIpc) is 2.24. The Balaban J connectivity index is 3.13. The second kappa shape index (κ2) is 5.16. The Hall–Kier alpha value is -1.27. The quantitative estimate of drug-likeness (QED) is 0.810. The highest BCUT2D eigenvalue weighted by atomic mass is 32.2. The Bertz CT molecular complexity index is 526. The van der Waals surface area contributed by atoms with Crippen molar-refractivity contribution in [2.45, 2.75) is 31.7 Å². The zero-order valence-corrected chi connectivity index (χ0v) is 12.0. The van der Waals surface area contributed by atoms with E-state index in [2.05, 4.69) is 25.7 Å². The number of rotatable bonds is 4. The molecule has 1 aromatic carbocycles. The molecule has 0 amide bonds. The smallest absolute Gasteiger partial charge is 0.240 e. The highest BCUT2D eigenvalue weighted by molar-refractivity contribution is 7.89. The monoisotopic (exact) mass is 271 g/mol. The molecule has 0 saturated heterocycles. The lowest BCUT2D eigenvalue weighted by Gasteiger charge is -2.30. The number of nitrogen functional groups attached to an aromatic ring is 1. The van der Waals surface area contributed by atoms with E-state index in [0.717, 1.165) is 5.69 Å². The first-order chi connectivity index (χ1) is 8.14. The van der Waals surface area contributed by atoms with Gasteiger partial charge in [-0.15, -0.1) is 0 Å². The Morgan fingerprint density at radius 3 is 2.17 bits per heavy atom. The van der Waals surface area contributed by atoms with Gasteiger partial charge in [-0.1, -0.05) is 13.8 Å². The third kappa shape index (κ3) is 3.14. The molecule has 0 fully saturated rings. The van der Waals surface area contributed by atoms with Crippen LogP contribution in [0.25, 0.3) is 0 Å². The molecule has 0 aromatic heterocycles. The lowest BCUT2D eigenvalue weighted by Crippen LogP contribution is -2.33. The second-order valence-corrected chi connectivity index (χ2v) is 6.39. The van der Waals surface area contributed by atoms with Crippen molar-refractivity contribution in [2.75, 3.05) is 17.7 Å². The second-order valence-electron chi connectivity index (χ2n) is 4.86. The van der Waals surface area contributed by atoms with Crippen molar-refractivity contribution in [3.8, 4) is 0 Å². The van der Waals surface area contributed by atoms with Crippen LogP contribution in [0.15, 0.2) is 23.1 Å². The zero-order chi connectivity index (χ0) is 14.1. The van der Waals surface area contributed by atoms with Gasteiger partial charge in [0.25, 0.3) is 0 Å². The van der Waals surface area contributed by atoms with Gasteiger partial charge in [0.2, 0.25) is 10.0 Å². The number of anilines is 2. The Kier molecular flexibility index (Phi) is 4.24. The molecule has 1 rings (SSSR count). The van der Waals surface area contributed by atoms with Crippen LogP contribution in [-0.4, -0.2) is 21.5 Å². The number of benzene rings is 1.